The highest BCUT2D eigenvalue weighted by Crippen LogP contribution is 2.08. The first-order chi connectivity index (χ1) is 7.49. The van der Waals surface area contributed by atoms with Crippen molar-refractivity contribution in [1.29, 1.82) is 0 Å². The summed E-state index contributed by atoms with van der Waals surface area (Å²) in [5.74, 6) is -0.501. The minimum absolute atomic E-state index is 0.276. The van der Waals surface area contributed by atoms with Crippen molar-refractivity contribution in [2.75, 3.05) is 5.32 Å². The van der Waals surface area contributed by atoms with Crippen LogP contribution in [0.1, 0.15) is 20.3 Å². The van der Waals surface area contributed by atoms with Crippen molar-refractivity contribution < 1.29 is 9.18 Å². The normalized spacial score (nSPS) is 12.6. The molecule has 1 atom stereocenters. The molecule has 1 heterocycles. The Hall–Kier alpha value is -1.49. The number of nitrogens with one attached hydrogen (secondary N) is 1. The van der Waals surface area contributed by atoms with Gasteiger partial charge in [0.15, 0.2) is 0 Å². The van der Waals surface area contributed by atoms with E-state index in [2.05, 4.69) is 10.3 Å². The zero-order valence-corrected chi connectivity index (χ0v) is 9.40. The zero-order chi connectivity index (χ0) is 12.1. The summed E-state index contributed by atoms with van der Waals surface area (Å²) in [7, 11) is 0. The molecule has 0 aromatic carbocycles. The first kappa shape index (κ1) is 12.6. The molecular formula is C11H16FN3O. The second kappa shape index (κ2) is 5.55. The molecule has 4 nitrogen and oxygen atoms in total. The predicted molar refractivity (Wildman–Crippen MR) is 60.3 cm³/mol. The molecule has 5 heteroatoms. The van der Waals surface area contributed by atoms with Gasteiger partial charge >= 0.3 is 0 Å². The Bertz CT molecular complexity index is 351. The van der Waals surface area contributed by atoms with Crippen LogP contribution in [0.4, 0.5) is 10.1 Å². The predicted octanol–water partition coefficient (Wildman–Crippen LogP) is 1.53. The van der Waals surface area contributed by atoms with Gasteiger partial charge in [-0.3, -0.25) is 4.79 Å². The lowest BCUT2D eigenvalue weighted by Gasteiger charge is -2.13. The molecule has 0 unspecified atom stereocenters. The fourth-order valence-corrected chi connectivity index (χ4v) is 1.30. The Morgan fingerprint density at radius 2 is 2.25 bits per heavy atom. The van der Waals surface area contributed by atoms with Gasteiger partial charge in [-0.2, -0.15) is 4.39 Å². The van der Waals surface area contributed by atoms with Crippen molar-refractivity contribution in [2.45, 2.75) is 26.3 Å². The molecule has 0 radical (unpaired) electrons. The number of pyridine rings is 1. The average Bonchev–Trinajstić information content (AvgIpc) is 2.20. The van der Waals surface area contributed by atoms with E-state index in [4.69, 9.17) is 5.73 Å². The Balaban J connectivity index is 2.54. The van der Waals surface area contributed by atoms with Crippen LogP contribution < -0.4 is 11.1 Å². The summed E-state index contributed by atoms with van der Waals surface area (Å²) in [5, 5.41) is 2.58. The molecule has 0 saturated carbocycles. The Morgan fingerprint density at radius 3 is 2.75 bits per heavy atom. The van der Waals surface area contributed by atoms with Crippen molar-refractivity contribution in [3.05, 3.63) is 24.3 Å². The summed E-state index contributed by atoms with van der Waals surface area (Å²) >= 11 is 0. The summed E-state index contributed by atoms with van der Waals surface area (Å²) in [6, 6.07) is 2.08. The number of amides is 1. The molecule has 0 aliphatic carbocycles. The molecule has 1 amide bonds. The SMILES string of the molecule is CC(C)C[C@H](N)C(=O)Nc1ccc(F)nc1. The summed E-state index contributed by atoms with van der Waals surface area (Å²) < 4.78 is 12.5. The molecule has 0 spiro atoms. The van der Waals surface area contributed by atoms with E-state index in [1.807, 2.05) is 13.8 Å². The van der Waals surface area contributed by atoms with Gasteiger partial charge in [-0.05, 0) is 24.5 Å². The van der Waals surface area contributed by atoms with Crippen LogP contribution >= 0.6 is 0 Å². The van der Waals surface area contributed by atoms with E-state index >= 15 is 0 Å². The third kappa shape index (κ3) is 3.94. The fraction of sp³-hybridized carbons (Fsp3) is 0.455. The van der Waals surface area contributed by atoms with Crippen LogP contribution in [-0.2, 0) is 4.79 Å². The van der Waals surface area contributed by atoms with Gasteiger partial charge in [-0.1, -0.05) is 13.8 Å². The summed E-state index contributed by atoms with van der Waals surface area (Å²) in [5.41, 5.74) is 6.14. The van der Waals surface area contributed by atoms with Gasteiger partial charge in [-0.25, -0.2) is 4.98 Å². The maximum absolute atomic E-state index is 12.5. The van der Waals surface area contributed by atoms with Crippen LogP contribution in [0.2, 0.25) is 0 Å². The second-order valence-electron chi connectivity index (χ2n) is 4.09. The van der Waals surface area contributed by atoms with Crippen molar-refractivity contribution in [2.24, 2.45) is 11.7 Å². The van der Waals surface area contributed by atoms with E-state index < -0.39 is 12.0 Å². The monoisotopic (exact) mass is 225 g/mol. The number of nitrogens with zero attached hydrogens (tertiary/aromatic N) is 1. The number of carbonyl (C=O) groups is 1. The van der Waals surface area contributed by atoms with E-state index in [1.54, 1.807) is 0 Å². The zero-order valence-electron chi connectivity index (χ0n) is 9.40. The molecule has 0 fully saturated rings. The number of hydrogen-bond acceptors (Lipinski definition) is 3. The third-order valence-electron chi connectivity index (χ3n) is 2.06. The molecule has 88 valence electrons. The Morgan fingerprint density at radius 1 is 1.56 bits per heavy atom. The molecule has 0 bridgehead atoms. The molecule has 1 rings (SSSR count). The molecule has 16 heavy (non-hydrogen) atoms. The number of anilines is 1. The van der Waals surface area contributed by atoms with Crippen LogP contribution in [-0.4, -0.2) is 16.9 Å². The number of aromatic nitrogens is 1. The van der Waals surface area contributed by atoms with Crippen LogP contribution in [0.5, 0.6) is 0 Å². The van der Waals surface area contributed by atoms with Crippen LogP contribution in [0, 0.1) is 11.9 Å². The van der Waals surface area contributed by atoms with Crippen molar-refractivity contribution in [1.82, 2.24) is 4.98 Å². The van der Waals surface area contributed by atoms with Crippen LogP contribution in [0.15, 0.2) is 18.3 Å². The topological polar surface area (TPSA) is 68.0 Å². The lowest BCUT2D eigenvalue weighted by atomic mass is 10.0. The summed E-state index contributed by atoms with van der Waals surface area (Å²) in [6.07, 6.45) is 1.87. The largest absolute Gasteiger partial charge is 0.323 e. The maximum atomic E-state index is 12.5. The molecule has 3 N–H and O–H groups in total. The van der Waals surface area contributed by atoms with Gasteiger partial charge in [0.05, 0.1) is 17.9 Å². The van der Waals surface area contributed by atoms with Gasteiger partial charge in [0.1, 0.15) is 0 Å². The number of hydrogen-bond donors (Lipinski definition) is 2. The molecule has 0 aliphatic rings. The van der Waals surface area contributed by atoms with Crippen molar-refractivity contribution in [3.63, 3.8) is 0 Å². The smallest absolute Gasteiger partial charge is 0.241 e. The van der Waals surface area contributed by atoms with Crippen molar-refractivity contribution in [3.8, 4) is 0 Å². The van der Waals surface area contributed by atoms with E-state index in [1.165, 1.54) is 18.3 Å². The first-order valence-corrected chi connectivity index (χ1v) is 5.17. The van der Waals surface area contributed by atoms with Crippen LogP contribution in [0.3, 0.4) is 0 Å². The Kier molecular flexibility index (Phi) is 4.37. The maximum Gasteiger partial charge on any atom is 0.241 e. The minimum Gasteiger partial charge on any atom is -0.323 e. The standard InChI is InChI=1S/C11H16FN3O/c1-7(2)5-9(13)11(16)15-8-3-4-10(12)14-6-8/h3-4,6-7,9H,5,13H2,1-2H3,(H,15,16)/t9-/m0/s1. The van der Waals surface area contributed by atoms with E-state index in [0.717, 1.165) is 0 Å². The number of carbonyl (C=O) groups excluding carboxylic acids is 1. The quantitative estimate of drug-likeness (QED) is 0.763. The van der Waals surface area contributed by atoms with Crippen molar-refractivity contribution >= 4 is 11.6 Å². The molecule has 1 aromatic rings. The highest BCUT2D eigenvalue weighted by atomic mass is 19.1. The lowest BCUT2D eigenvalue weighted by Crippen LogP contribution is -2.36. The van der Waals surface area contributed by atoms with Gasteiger partial charge in [-0.15, -0.1) is 0 Å². The third-order valence-corrected chi connectivity index (χ3v) is 2.06. The average molecular weight is 225 g/mol. The number of nitrogens with two attached hydrogens (primary N) is 1. The van der Waals surface area contributed by atoms with Gasteiger partial charge in [0.25, 0.3) is 0 Å². The minimum atomic E-state index is -0.579. The molecule has 1 aromatic heterocycles. The van der Waals surface area contributed by atoms with Gasteiger partial charge in [0.2, 0.25) is 11.9 Å². The summed E-state index contributed by atoms with van der Waals surface area (Å²) in [6.45, 7) is 3.99. The molecular weight excluding hydrogens is 209 g/mol. The number of rotatable bonds is 4. The van der Waals surface area contributed by atoms with Gasteiger partial charge < -0.3 is 11.1 Å². The van der Waals surface area contributed by atoms with Gasteiger partial charge in [0, 0.05) is 0 Å². The second-order valence-corrected chi connectivity index (χ2v) is 4.09. The van der Waals surface area contributed by atoms with E-state index in [0.29, 0.717) is 18.0 Å². The van der Waals surface area contributed by atoms with E-state index in [9.17, 15) is 9.18 Å². The highest BCUT2D eigenvalue weighted by Gasteiger charge is 2.14. The van der Waals surface area contributed by atoms with E-state index in [-0.39, 0.29) is 5.91 Å². The molecule has 0 saturated heterocycles. The summed E-state index contributed by atoms with van der Waals surface area (Å²) in [4.78, 5) is 15.0. The van der Waals surface area contributed by atoms with Crippen LogP contribution in [0.25, 0.3) is 0 Å². The molecule has 0 aliphatic heterocycles. The highest BCUT2D eigenvalue weighted by molar-refractivity contribution is 5.94. The number of halogens is 1. The lowest BCUT2D eigenvalue weighted by molar-refractivity contribution is -0.117. The first-order valence-electron chi connectivity index (χ1n) is 5.17. The fourth-order valence-electron chi connectivity index (χ4n) is 1.30. The Labute approximate surface area is 94.1 Å².